The van der Waals surface area contributed by atoms with Crippen molar-refractivity contribution in [2.75, 3.05) is 6.61 Å². The number of nitrogens with one attached hydrogen (secondary N) is 1. The highest BCUT2D eigenvalue weighted by molar-refractivity contribution is 6.02. The summed E-state index contributed by atoms with van der Waals surface area (Å²) in [5.74, 6) is -0.551. The van der Waals surface area contributed by atoms with Crippen LogP contribution in [0.5, 0.6) is 0 Å². The zero-order chi connectivity index (χ0) is 11.7. The number of nitrogens with zero attached hydrogens (tertiary/aromatic N) is 1. The van der Waals surface area contributed by atoms with Crippen LogP contribution in [0.3, 0.4) is 0 Å². The molecule has 0 saturated heterocycles. The molecule has 0 unspecified atom stereocenters. The summed E-state index contributed by atoms with van der Waals surface area (Å²) in [5, 5.41) is 4.17. The fourth-order valence-corrected chi connectivity index (χ4v) is 1.49. The summed E-state index contributed by atoms with van der Waals surface area (Å²) >= 11 is 0. The van der Waals surface area contributed by atoms with E-state index >= 15 is 0 Å². The number of H-pyrrole nitrogens is 1. The molecule has 0 saturated carbocycles. The fourth-order valence-electron chi connectivity index (χ4n) is 1.49. The number of carbonyl (C=O) groups is 1. The summed E-state index contributed by atoms with van der Waals surface area (Å²) in [4.78, 5) is 25.3. The maximum absolute atomic E-state index is 11.6. The number of ether oxygens (including phenoxy) is 1. The van der Waals surface area contributed by atoms with Crippen molar-refractivity contribution in [1.82, 2.24) is 10.1 Å². The molecule has 0 amide bonds. The molecule has 16 heavy (non-hydrogen) atoms. The van der Waals surface area contributed by atoms with Gasteiger partial charge in [-0.05, 0) is 13.8 Å². The van der Waals surface area contributed by atoms with Gasteiger partial charge in [0.25, 0.3) is 5.56 Å². The van der Waals surface area contributed by atoms with Crippen LogP contribution in [0, 0.1) is 6.92 Å². The van der Waals surface area contributed by atoms with Crippen molar-refractivity contribution in [2.45, 2.75) is 13.8 Å². The minimum atomic E-state index is -0.551. The summed E-state index contributed by atoms with van der Waals surface area (Å²) in [5.41, 5.74) is 0.480. The van der Waals surface area contributed by atoms with Gasteiger partial charge in [0.15, 0.2) is 0 Å². The van der Waals surface area contributed by atoms with E-state index in [1.807, 2.05) is 0 Å². The third-order valence-electron chi connectivity index (χ3n) is 2.14. The van der Waals surface area contributed by atoms with Gasteiger partial charge in [-0.25, -0.2) is 4.79 Å². The van der Waals surface area contributed by atoms with Gasteiger partial charge >= 0.3 is 5.97 Å². The maximum Gasteiger partial charge on any atom is 0.339 e. The molecule has 0 radical (unpaired) electrons. The van der Waals surface area contributed by atoms with E-state index in [4.69, 9.17) is 9.26 Å². The first-order chi connectivity index (χ1) is 7.63. The number of carbonyl (C=O) groups excluding carboxylic acids is 1. The van der Waals surface area contributed by atoms with Crippen LogP contribution in [-0.2, 0) is 4.74 Å². The van der Waals surface area contributed by atoms with Gasteiger partial charge in [0, 0.05) is 6.07 Å². The van der Waals surface area contributed by atoms with E-state index < -0.39 is 11.5 Å². The van der Waals surface area contributed by atoms with E-state index in [-0.39, 0.29) is 17.9 Å². The van der Waals surface area contributed by atoms with E-state index in [1.165, 1.54) is 6.07 Å². The minimum absolute atomic E-state index is 0.180. The van der Waals surface area contributed by atoms with Crippen molar-refractivity contribution < 1.29 is 14.1 Å². The largest absolute Gasteiger partial charge is 0.462 e. The SMILES string of the molecule is CCOC(=O)c1cc(=O)[nH]c2onc(C)c12. The second kappa shape index (κ2) is 3.80. The van der Waals surface area contributed by atoms with E-state index in [9.17, 15) is 9.59 Å². The van der Waals surface area contributed by atoms with Crippen LogP contribution >= 0.6 is 0 Å². The first-order valence-electron chi connectivity index (χ1n) is 4.80. The molecular weight excluding hydrogens is 212 g/mol. The van der Waals surface area contributed by atoms with E-state index in [1.54, 1.807) is 13.8 Å². The van der Waals surface area contributed by atoms with E-state index in [0.717, 1.165) is 0 Å². The molecule has 2 rings (SSSR count). The molecule has 0 aromatic carbocycles. The lowest BCUT2D eigenvalue weighted by atomic mass is 10.1. The molecule has 0 aliphatic rings. The van der Waals surface area contributed by atoms with E-state index in [0.29, 0.717) is 11.1 Å². The average Bonchev–Trinajstić information content (AvgIpc) is 2.59. The average molecular weight is 222 g/mol. The van der Waals surface area contributed by atoms with Crippen LogP contribution in [-0.4, -0.2) is 22.7 Å². The van der Waals surface area contributed by atoms with Crippen molar-refractivity contribution in [2.24, 2.45) is 0 Å². The van der Waals surface area contributed by atoms with Crippen LogP contribution in [0.2, 0.25) is 0 Å². The lowest BCUT2D eigenvalue weighted by Crippen LogP contribution is -2.12. The Morgan fingerprint density at radius 2 is 2.38 bits per heavy atom. The Balaban J connectivity index is 2.71. The molecular formula is C10H10N2O4. The zero-order valence-corrected chi connectivity index (χ0v) is 8.86. The van der Waals surface area contributed by atoms with Gasteiger partial charge in [0.05, 0.1) is 23.3 Å². The van der Waals surface area contributed by atoms with Gasteiger partial charge in [-0.1, -0.05) is 5.16 Å². The van der Waals surface area contributed by atoms with Gasteiger partial charge in [-0.3, -0.25) is 9.78 Å². The number of rotatable bonds is 2. The summed E-state index contributed by atoms with van der Waals surface area (Å²) in [6.45, 7) is 3.63. The number of pyridine rings is 1. The number of aryl methyl sites for hydroxylation is 1. The molecule has 6 heteroatoms. The van der Waals surface area contributed by atoms with Crippen LogP contribution in [0.4, 0.5) is 0 Å². The topological polar surface area (TPSA) is 85.2 Å². The lowest BCUT2D eigenvalue weighted by molar-refractivity contribution is 0.0528. The van der Waals surface area contributed by atoms with Crippen LogP contribution in [0.1, 0.15) is 23.0 Å². The predicted octanol–water partition coefficient (Wildman–Crippen LogP) is 1.00. The van der Waals surface area contributed by atoms with Gasteiger partial charge in [0.1, 0.15) is 0 Å². The monoisotopic (exact) mass is 222 g/mol. The second-order valence-electron chi connectivity index (χ2n) is 3.24. The van der Waals surface area contributed by atoms with Crippen molar-refractivity contribution in [3.05, 3.63) is 27.7 Å². The molecule has 0 bridgehead atoms. The number of aromatic amines is 1. The molecule has 0 fully saturated rings. The molecule has 0 spiro atoms. The molecule has 84 valence electrons. The lowest BCUT2D eigenvalue weighted by Gasteiger charge is -2.01. The second-order valence-corrected chi connectivity index (χ2v) is 3.24. The van der Waals surface area contributed by atoms with Crippen LogP contribution < -0.4 is 5.56 Å². The van der Waals surface area contributed by atoms with Crippen LogP contribution in [0.25, 0.3) is 11.1 Å². The highest BCUT2D eigenvalue weighted by atomic mass is 16.5. The number of esters is 1. The quantitative estimate of drug-likeness (QED) is 0.766. The Bertz CT molecular complexity index is 596. The Hall–Kier alpha value is -2.11. The highest BCUT2D eigenvalue weighted by Crippen LogP contribution is 2.19. The van der Waals surface area contributed by atoms with Gasteiger partial charge < -0.3 is 9.26 Å². The third kappa shape index (κ3) is 1.58. The Morgan fingerprint density at radius 1 is 1.62 bits per heavy atom. The molecule has 1 N–H and O–H groups in total. The molecule has 0 aliphatic heterocycles. The maximum atomic E-state index is 11.6. The number of aromatic nitrogens is 2. The third-order valence-corrected chi connectivity index (χ3v) is 2.14. The molecule has 2 aromatic heterocycles. The normalized spacial score (nSPS) is 10.6. The minimum Gasteiger partial charge on any atom is -0.462 e. The van der Waals surface area contributed by atoms with Gasteiger partial charge in [-0.2, -0.15) is 0 Å². The first-order valence-corrected chi connectivity index (χ1v) is 4.80. The molecule has 0 aliphatic carbocycles. The number of fused-ring (bicyclic) bond motifs is 1. The smallest absolute Gasteiger partial charge is 0.339 e. The standard InChI is InChI=1S/C10H10N2O4/c1-3-15-10(14)6-4-7(13)11-9-8(6)5(2)12-16-9/h4H,3H2,1-2H3,(H,11,13). The highest BCUT2D eigenvalue weighted by Gasteiger charge is 2.17. The van der Waals surface area contributed by atoms with Crippen molar-refractivity contribution >= 4 is 17.1 Å². The van der Waals surface area contributed by atoms with Gasteiger partial charge in [-0.15, -0.1) is 0 Å². The van der Waals surface area contributed by atoms with Crippen molar-refractivity contribution in [3.8, 4) is 0 Å². The summed E-state index contributed by atoms with van der Waals surface area (Å²) in [7, 11) is 0. The Kier molecular flexibility index (Phi) is 2.47. The number of hydrogen-bond acceptors (Lipinski definition) is 5. The fraction of sp³-hybridized carbons (Fsp3) is 0.300. The molecule has 2 heterocycles. The number of hydrogen-bond donors (Lipinski definition) is 1. The predicted molar refractivity (Wildman–Crippen MR) is 55.3 cm³/mol. The Labute approximate surface area is 90.2 Å². The summed E-state index contributed by atoms with van der Waals surface area (Å²) < 4.78 is 9.74. The Morgan fingerprint density at radius 3 is 3.06 bits per heavy atom. The molecule has 0 atom stereocenters. The molecule has 6 nitrogen and oxygen atoms in total. The van der Waals surface area contributed by atoms with Crippen molar-refractivity contribution in [1.29, 1.82) is 0 Å². The zero-order valence-electron chi connectivity index (χ0n) is 8.86. The van der Waals surface area contributed by atoms with Crippen molar-refractivity contribution in [3.63, 3.8) is 0 Å². The van der Waals surface area contributed by atoms with Gasteiger partial charge in [0.2, 0.25) is 5.71 Å². The van der Waals surface area contributed by atoms with Crippen LogP contribution in [0.15, 0.2) is 15.4 Å². The van der Waals surface area contributed by atoms with E-state index in [2.05, 4.69) is 10.1 Å². The molecule has 2 aromatic rings. The first kappa shape index (κ1) is 10.4. The summed E-state index contributed by atoms with van der Waals surface area (Å²) in [6.07, 6.45) is 0. The summed E-state index contributed by atoms with van der Waals surface area (Å²) in [6, 6.07) is 1.19.